The van der Waals surface area contributed by atoms with Gasteiger partial charge in [-0.05, 0) is 12.0 Å². The van der Waals surface area contributed by atoms with E-state index in [0.29, 0.717) is 0 Å². The van der Waals surface area contributed by atoms with E-state index in [1.54, 1.807) is 0 Å². The molecule has 0 aromatic carbocycles. The van der Waals surface area contributed by atoms with Gasteiger partial charge in [-0.2, -0.15) is 0 Å². The highest BCUT2D eigenvalue weighted by Crippen LogP contribution is 2.31. The Bertz CT molecular complexity index is 288. The van der Waals surface area contributed by atoms with E-state index in [1.807, 2.05) is 13.8 Å². The number of carbonyl (C=O) groups is 1. The zero-order valence-electron chi connectivity index (χ0n) is 9.08. The minimum Gasteiger partial charge on any atom is -0.459 e. The highest BCUT2D eigenvalue weighted by molar-refractivity contribution is 5.66. The lowest BCUT2D eigenvalue weighted by atomic mass is 9.99. The van der Waals surface area contributed by atoms with Crippen LogP contribution in [-0.2, 0) is 14.3 Å². The number of esters is 1. The molecule has 1 aliphatic heterocycles. The van der Waals surface area contributed by atoms with Gasteiger partial charge in [-0.15, -0.1) is 0 Å². The standard InChI is InChI=1S/C9H15N3O3/c1-4-7-5(2)8(14-6(3)13)9(15-7)11-12-10/h5,7-9H,4H2,1-3H3/t5-,7+,8?,9+/m0/s1. The highest BCUT2D eigenvalue weighted by atomic mass is 16.6. The van der Waals surface area contributed by atoms with Gasteiger partial charge >= 0.3 is 5.97 Å². The smallest absolute Gasteiger partial charge is 0.303 e. The molecule has 0 aromatic rings. The second kappa shape index (κ2) is 5.00. The zero-order chi connectivity index (χ0) is 11.4. The number of hydrogen-bond donors (Lipinski definition) is 0. The van der Waals surface area contributed by atoms with Crippen molar-refractivity contribution in [3.8, 4) is 0 Å². The molecule has 0 saturated carbocycles. The molecule has 6 heteroatoms. The molecule has 15 heavy (non-hydrogen) atoms. The van der Waals surface area contributed by atoms with Crippen LogP contribution in [0, 0.1) is 5.92 Å². The first-order valence-corrected chi connectivity index (χ1v) is 4.97. The lowest BCUT2D eigenvalue weighted by molar-refractivity contribution is -0.150. The lowest BCUT2D eigenvalue weighted by Gasteiger charge is -2.18. The molecule has 0 spiro atoms. The molecule has 0 bridgehead atoms. The Morgan fingerprint density at radius 1 is 1.67 bits per heavy atom. The van der Waals surface area contributed by atoms with Gasteiger partial charge in [0.25, 0.3) is 0 Å². The summed E-state index contributed by atoms with van der Waals surface area (Å²) in [7, 11) is 0. The largest absolute Gasteiger partial charge is 0.459 e. The van der Waals surface area contributed by atoms with Crippen molar-refractivity contribution in [2.75, 3.05) is 0 Å². The summed E-state index contributed by atoms with van der Waals surface area (Å²) in [6.45, 7) is 5.23. The number of nitrogens with zero attached hydrogens (tertiary/aromatic N) is 3. The molecule has 1 aliphatic rings. The summed E-state index contributed by atoms with van der Waals surface area (Å²) < 4.78 is 10.6. The van der Waals surface area contributed by atoms with Crippen LogP contribution in [-0.4, -0.2) is 24.4 Å². The second-order valence-electron chi connectivity index (χ2n) is 3.61. The predicted molar refractivity (Wildman–Crippen MR) is 52.8 cm³/mol. The van der Waals surface area contributed by atoms with Crippen LogP contribution in [0.2, 0.25) is 0 Å². The summed E-state index contributed by atoms with van der Waals surface area (Å²) in [5, 5.41) is 3.49. The van der Waals surface area contributed by atoms with E-state index in [9.17, 15) is 4.79 Å². The fourth-order valence-corrected chi connectivity index (χ4v) is 1.82. The molecule has 1 fully saturated rings. The fourth-order valence-electron chi connectivity index (χ4n) is 1.82. The van der Waals surface area contributed by atoms with Gasteiger partial charge in [0.05, 0.1) is 6.10 Å². The summed E-state index contributed by atoms with van der Waals surface area (Å²) in [4.78, 5) is 13.6. The van der Waals surface area contributed by atoms with E-state index < -0.39 is 12.3 Å². The number of rotatable bonds is 3. The summed E-state index contributed by atoms with van der Waals surface area (Å²) in [5.74, 6) is -0.334. The Morgan fingerprint density at radius 3 is 2.80 bits per heavy atom. The van der Waals surface area contributed by atoms with Crippen LogP contribution >= 0.6 is 0 Å². The monoisotopic (exact) mass is 213 g/mol. The topological polar surface area (TPSA) is 84.3 Å². The quantitative estimate of drug-likeness (QED) is 0.311. The molecular formula is C9H15N3O3. The molecule has 1 unspecified atom stereocenters. The van der Waals surface area contributed by atoms with E-state index >= 15 is 0 Å². The number of carbonyl (C=O) groups excluding carboxylic acids is 1. The molecule has 1 heterocycles. The van der Waals surface area contributed by atoms with Crippen LogP contribution in [0.15, 0.2) is 5.11 Å². The molecule has 4 atom stereocenters. The van der Waals surface area contributed by atoms with Crippen molar-refractivity contribution in [1.29, 1.82) is 0 Å². The molecule has 1 rings (SSSR count). The molecule has 0 aromatic heterocycles. The average Bonchev–Trinajstić information content (AvgIpc) is 2.46. The Balaban J connectivity index is 2.77. The Labute approximate surface area is 88.2 Å². The third-order valence-electron chi connectivity index (χ3n) is 2.57. The Hall–Kier alpha value is -1.26. The summed E-state index contributed by atoms with van der Waals surface area (Å²) in [6.07, 6.45) is -0.386. The normalized spacial score (nSPS) is 34.6. The van der Waals surface area contributed by atoms with E-state index in [0.717, 1.165) is 6.42 Å². The highest BCUT2D eigenvalue weighted by Gasteiger charge is 2.42. The van der Waals surface area contributed by atoms with Crippen molar-refractivity contribution < 1.29 is 14.3 Å². The minimum atomic E-state index is -0.696. The van der Waals surface area contributed by atoms with Crippen LogP contribution in [0.3, 0.4) is 0 Å². The Kier molecular flexibility index (Phi) is 3.94. The summed E-state index contributed by atoms with van der Waals surface area (Å²) in [5.41, 5.74) is 8.36. The van der Waals surface area contributed by atoms with Gasteiger partial charge in [0.1, 0.15) is 6.10 Å². The third kappa shape index (κ3) is 2.61. The van der Waals surface area contributed by atoms with Crippen LogP contribution in [0.5, 0.6) is 0 Å². The van der Waals surface area contributed by atoms with Crippen molar-refractivity contribution >= 4 is 5.97 Å². The first-order chi connectivity index (χ1) is 7.10. The molecule has 1 saturated heterocycles. The van der Waals surface area contributed by atoms with E-state index in [-0.39, 0.29) is 18.0 Å². The number of azide groups is 1. The predicted octanol–water partition coefficient (Wildman–Crippen LogP) is 2.00. The van der Waals surface area contributed by atoms with Gasteiger partial charge < -0.3 is 9.47 Å². The van der Waals surface area contributed by atoms with E-state index in [1.165, 1.54) is 6.92 Å². The second-order valence-corrected chi connectivity index (χ2v) is 3.61. The number of ether oxygens (including phenoxy) is 2. The van der Waals surface area contributed by atoms with E-state index in [2.05, 4.69) is 10.0 Å². The maximum atomic E-state index is 10.9. The molecule has 0 radical (unpaired) electrons. The van der Waals surface area contributed by atoms with Crippen LogP contribution in [0.25, 0.3) is 10.4 Å². The first-order valence-electron chi connectivity index (χ1n) is 4.97. The van der Waals surface area contributed by atoms with Crippen molar-refractivity contribution in [3.05, 3.63) is 10.4 Å². The van der Waals surface area contributed by atoms with Crippen molar-refractivity contribution in [3.63, 3.8) is 0 Å². The molecular weight excluding hydrogens is 198 g/mol. The minimum absolute atomic E-state index is 0.0233. The van der Waals surface area contributed by atoms with Crippen LogP contribution < -0.4 is 0 Å². The van der Waals surface area contributed by atoms with Crippen molar-refractivity contribution in [2.45, 2.75) is 45.6 Å². The van der Waals surface area contributed by atoms with Crippen molar-refractivity contribution in [1.82, 2.24) is 0 Å². The van der Waals surface area contributed by atoms with Crippen molar-refractivity contribution in [2.24, 2.45) is 11.0 Å². The average molecular weight is 213 g/mol. The first kappa shape index (κ1) is 11.8. The zero-order valence-corrected chi connectivity index (χ0v) is 9.08. The molecule has 0 aliphatic carbocycles. The van der Waals surface area contributed by atoms with Gasteiger partial charge in [0.2, 0.25) is 0 Å². The van der Waals surface area contributed by atoms with E-state index in [4.69, 9.17) is 15.0 Å². The van der Waals surface area contributed by atoms with Gasteiger partial charge in [-0.25, -0.2) is 0 Å². The molecule has 84 valence electrons. The summed E-state index contributed by atoms with van der Waals surface area (Å²) in [6, 6.07) is 0. The number of hydrogen-bond acceptors (Lipinski definition) is 4. The third-order valence-corrected chi connectivity index (χ3v) is 2.57. The van der Waals surface area contributed by atoms with Gasteiger partial charge in [-0.3, -0.25) is 4.79 Å². The van der Waals surface area contributed by atoms with Gasteiger partial charge in [-0.1, -0.05) is 19.0 Å². The molecule has 6 nitrogen and oxygen atoms in total. The maximum absolute atomic E-state index is 10.9. The maximum Gasteiger partial charge on any atom is 0.303 e. The molecule has 0 amide bonds. The SMILES string of the molecule is CC[C@H]1O[C@@H](N=[N+]=[N-])C(OC(C)=O)[C@H]1C. The Morgan fingerprint density at radius 2 is 2.33 bits per heavy atom. The summed E-state index contributed by atoms with van der Waals surface area (Å²) >= 11 is 0. The lowest BCUT2D eigenvalue weighted by Crippen LogP contribution is -2.29. The van der Waals surface area contributed by atoms with Gasteiger partial charge in [0, 0.05) is 17.8 Å². The van der Waals surface area contributed by atoms with Crippen LogP contribution in [0.4, 0.5) is 0 Å². The van der Waals surface area contributed by atoms with Crippen LogP contribution in [0.1, 0.15) is 27.2 Å². The molecule has 0 N–H and O–H groups in total. The fraction of sp³-hybridized carbons (Fsp3) is 0.889. The van der Waals surface area contributed by atoms with Gasteiger partial charge in [0.15, 0.2) is 6.23 Å².